The first-order valence-corrected chi connectivity index (χ1v) is 7.29. The summed E-state index contributed by atoms with van der Waals surface area (Å²) in [5.74, 6) is 0. The van der Waals surface area contributed by atoms with Crippen molar-refractivity contribution in [2.75, 3.05) is 5.32 Å². The SMILES string of the molecule is Cc1ccc(C(C)Nc2cccc(-n3cccc3)c2)cc1. The summed E-state index contributed by atoms with van der Waals surface area (Å²) in [6, 6.07) is 21.5. The molecule has 0 spiro atoms. The van der Waals surface area contributed by atoms with Gasteiger partial charge in [0, 0.05) is 29.8 Å². The van der Waals surface area contributed by atoms with Gasteiger partial charge in [0.25, 0.3) is 0 Å². The van der Waals surface area contributed by atoms with Gasteiger partial charge < -0.3 is 9.88 Å². The van der Waals surface area contributed by atoms with E-state index in [4.69, 9.17) is 0 Å². The highest BCUT2D eigenvalue weighted by Crippen LogP contribution is 2.21. The molecule has 1 aromatic heterocycles. The molecule has 1 N–H and O–H groups in total. The molecule has 0 saturated heterocycles. The predicted molar refractivity (Wildman–Crippen MR) is 89.0 cm³/mol. The molecule has 1 unspecified atom stereocenters. The number of hydrogen-bond acceptors (Lipinski definition) is 1. The van der Waals surface area contributed by atoms with Gasteiger partial charge in [0.15, 0.2) is 0 Å². The molecule has 106 valence electrons. The second kappa shape index (κ2) is 5.88. The Morgan fingerprint density at radius 2 is 1.62 bits per heavy atom. The van der Waals surface area contributed by atoms with Gasteiger partial charge in [-0.2, -0.15) is 0 Å². The molecule has 0 radical (unpaired) electrons. The molecule has 0 bridgehead atoms. The summed E-state index contributed by atoms with van der Waals surface area (Å²) in [7, 11) is 0. The van der Waals surface area contributed by atoms with Crippen molar-refractivity contribution in [1.29, 1.82) is 0 Å². The lowest BCUT2D eigenvalue weighted by Gasteiger charge is -2.17. The first-order chi connectivity index (χ1) is 10.2. The third kappa shape index (κ3) is 3.16. The Bertz CT molecular complexity index is 697. The Kier molecular flexibility index (Phi) is 3.78. The zero-order valence-electron chi connectivity index (χ0n) is 12.5. The number of aryl methyl sites for hydroxylation is 1. The highest BCUT2D eigenvalue weighted by atomic mass is 15.0. The van der Waals surface area contributed by atoms with Crippen molar-refractivity contribution >= 4 is 5.69 Å². The molecule has 3 aromatic rings. The molecule has 0 saturated carbocycles. The Morgan fingerprint density at radius 1 is 0.905 bits per heavy atom. The fourth-order valence-electron chi connectivity index (χ4n) is 2.45. The zero-order chi connectivity index (χ0) is 14.7. The van der Waals surface area contributed by atoms with Crippen molar-refractivity contribution in [3.8, 4) is 5.69 Å². The van der Waals surface area contributed by atoms with Crippen molar-refractivity contribution in [1.82, 2.24) is 4.57 Å². The summed E-state index contributed by atoms with van der Waals surface area (Å²) >= 11 is 0. The Balaban J connectivity index is 1.78. The lowest BCUT2D eigenvalue weighted by Crippen LogP contribution is -2.06. The molecule has 0 amide bonds. The smallest absolute Gasteiger partial charge is 0.0485 e. The van der Waals surface area contributed by atoms with Crippen LogP contribution in [0.2, 0.25) is 0 Å². The number of hydrogen-bond donors (Lipinski definition) is 1. The van der Waals surface area contributed by atoms with E-state index in [1.807, 2.05) is 12.1 Å². The van der Waals surface area contributed by atoms with E-state index in [2.05, 4.69) is 84.7 Å². The van der Waals surface area contributed by atoms with E-state index in [9.17, 15) is 0 Å². The average molecular weight is 276 g/mol. The molecule has 0 aliphatic rings. The van der Waals surface area contributed by atoms with Gasteiger partial charge in [-0.05, 0) is 49.7 Å². The fraction of sp³-hybridized carbons (Fsp3) is 0.158. The molecule has 1 heterocycles. The lowest BCUT2D eigenvalue weighted by atomic mass is 10.1. The summed E-state index contributed by atoms with van der Waals surface area (Å²) in [5, 5.41) is 3.57. The normalized spacial score (nSPS) is 12.1. The lowest BCUT2D eigenvalue weighted by molar-refractivity contribution is 0.883. The van der Waals surface area contributed by atoms with Crippen molar-refractivity contribution in [3.63, 3.8) is 0 Å². The molecule has 3 rings (SSSR count). The maximum absolute atomic E-state index is 3.57. The van der Waals surface area contributed by atoms with E-state index in [1.165, 1.54) is 16.8 Å². The number of aromatic nitrogens is 1. The van der Waals surface area contributed by atoms with Crippen LogP contribution in [0.15, 0.2) is 73.1 Å². The van der Waals surface area contributed by atoms with Gasteiger partial charge in [-0.1, -0.05) is 35.9 Å². The second-order valence-electron chi connectivity index (χ2n) is 5.42. The molecular weight excluding hydrogens is 256 g/mol. The standard InChI is InChI=1S/C19H20N2/c1-15-8-10-17(11-9-15)16(2)20-18-6-5-7-19(14-18)21-12-3-4-13-21/h3-14,16,20H,1-2H3. The first kappa shape index (κ1) is 13.5. The van der Waals surface area contributed by atoms with E-state index in [1.54, 1.807) is 0 Å². The number of nitrogens with one attached hydrogen (secondary N) is 1. The molecule has 2 nitrogen and oxygen atoms in total. The van der Waals surface area contributed by atoms with E-state index in [0.717, 1.165) is 5.69 Å². The van der Waals surface area contributed by atoms with Crippen LogP contribution in [0.25, 0.3) is 5.69 Å². The van der Waals surface area contributed by atoms with Gasteiger partial charge in [0.2, 0.25) is 0 Å². The van der Waals surface area contributed by atoms with Gasteiger partial charge in [-0.3, -0.25) is 0 Å². The van der Waals surface area contributed by atoms with Gasteiger partial charge in [-0.15, -0.1) is 0 Å². The minimum Gasteiger partial charge on any atom is -0.378 e. The van der Waals surface area contributed by atoms with Crippen LogP contribution in [0.5, 0.6) is 0 Å². The van der Waals surface area contributed by atoms with Crippen LogP contribution in [-0.4, -0.2) is 4.57 Å². The minimum absolute atomic E-state index is 0.283. The van der Waals surface area contributed by atoms with Gasteiger partial charge in [-0.25, -0.2) is 0 Å². The fourth-order valence-corrected chi connectivity index (χ4v) is 2.45. The topological polar surface area (TPSA) is 17.0 Å². The van der Waals surface area contributed by atoms with Crippen molar-refractivity contribution in [3.05, 3.63) is 84.2 Å². The molecule has 21 heavy (non-hydrogen) atoms. The van der Waals surface area contributed by atoms with Gasteiger partial charge in [0.1, 0.15) is 0 Å². The third-order valence-corrected chi connectivity index (χ3v) is 3.71. The highest BCUT2D eigenvalue weighted by Gasteiger charge is 2.05. The monoisotopic (exact) mass is 276 g/mol. The third-order valence-electron chi connectivity index (χ3n) is 3.71. The summed E-state index contributed by atoms with van der Waals surface area (Å²) in [4.78, 5) is 0. The molecule has 0 fully saturated rings. The van der Waals surface area contributed by atoms with Crippen LogP contribution in [0.1, 0.15) is 24.1 Å². The summed E-state index contributed by atoms with van der Waals surface area (Å²) < 4.78 is 2.11. The second-order valence-corrected chi connectivity index (χ2v) is 5.42. The molecular formula is C19H20N2. The van der Waals surface area contributed by atoms with Crippen LogP contribution in [-0.2, 0) is 0 Å². The Hall–Kier alpha value is -2.48. The zero-order valence-corrected chi connectivity index (χ0v) is 12.5. The molecule has 2 aromatic carbocycles. The van der Waals surface area contributed by atoms with E-state index in [-0.39, 0.29) is 6.04 Å². The summed E-state index contributed by atoms with van der Waals surface area (Å²) in [5.41, 5.74) is 4.89. The maximum atomic E-state index is 3.57. The summed E-state index contributed by atoms with van der Waals surface area (Å²) in [6.07, 6.45) is 4.12. The van der Waals surface area contributed by atoms with E-state index >= 15 is 0 Å². The molecule has 2 heteroatoms. The number of anilines is 1. The van der Waals surface area contributed by atoms with Crippen LogP contribution in [0.3, 0.4) is 0 Å². The van der Waals surface area contributed by atoms with Crippen molar-refractivity contribution in [2.45, 2.75) is 19.9 Å². The summed E-state index contributed by atoms with van der Waals surface area (Å²) in [6.45, 7) is 4.30. The van der Waals surface area contributed by atoms with Crippen LogP contribution in [0, 0.1) is 6.92 Å². The van der Waals surface area contributed by atoms with Gasteiger partial charge in [0.05, 0.1) is 0 Å². The van der Waals surface area contributed by atoms with Crippen LogP contribution in [0.4, 0.5) is 5.69 Å². The highest BCUT2D eigenvalue weighted by molar-refractivity contribution is 5.52. The van der Waals surface area contributed by atoms with Crippen LogP contribution < -0.4 is 5.32 Å². The van der Waals surface area contributed by atoms with Crippen molar-refractivity contribution in [2.24, 2.45) is 0 Å². The minimum atomic E-state index is 0.283. The first-order valence-electron chi connectivity index (χ1n) is 7.29. The van der Waals surface area contributed by atoms with Crippen molar-refractivity contribution < 1.29 is 0 Å². The van der Waals surface area contributed by atoms with Crippen LogP contribution >= 0.6 is 0 Å². The molecule has 0 aliphatic heterocycles. The predicted octanol–water partition coefficient (Wildman–Crippen LogP) is 4.96. The number of benzene rings is 2. The largest absolute Gasteiger partial charge is 0.378 e. The average Bonchev–Trinajstić information content (AvgIpc) is 3.02. The van der Waals surface area contributed by atoms with E-state index in [0.29, 0.717) is 0 Å². The van der Waals surface area contributed by atoms with E-state index < -0.39 is 0 Å². The molecule has 0 aliphatic carbocycles. The van der Waals surface area contributed by atoms with Gasteiger partial charge >= 0.3 is 0 Å². The Labute approximate surface area is 126 Å². The Morgan fingerprint density at radius 3 is 2.33 bits per heavy atom. The maximum Gasteiger partial charge on any atom is 0.0485 e. The number of nitrogens with zero attached hydrogens (tertiary/aromatic N) is 1. The quantitative estimate of drug-likeness (QED) is 0.712. The molecule has 1 atom stereocenters. The number of rotatable bonds is 4.